The first-order valence-electron chi connectivity index (χ1n) is 6.19. The van der Waals surface area contributed by atoms with Crippen LogP contribution in [0.2, 0.25) is 0 Å². The van der Waals surface area contributed by atoms with E-state index in [-0.39, 0.29) is 10.6 Å². The smallest absolute Gasteiger partial charge is 0.279 e. The lowest BCUT2D eigenvalue weighted by atomic mass is 9.97. The Bertz CT molecular complexity index is 798. The van der Waals surface area contributed by atoms with E-state index in [4.69, 9.17) is 5.73 Å². The molecule has 3 aromatic carbocycles. The van der Waals surface area contributed by atoms with E-state index in [9.17, 15) is 10.1 Å². The van der Waals surface area contributed by atoms with Crippen molar-refractivity contribution in [3.05, 3.63) is 70.8 Å². The summed E-state index contributed by atoms with van der Waals surface area (Å²) in [5, 5.41) is 12.9. The highest BCUT2D eigenvalue weighted by Crippen LogP contribution is 2.40. The molecule has 4 nitrogen and oxygen atoms in total. The zero-order chi connectivity index (χ0) is 14.1. The lowest BCUT2D eigenvalue weighted by Crippen LogP contribution is -1.98. The molecule has 0 aromatic heterocycles. The summed E-state index contributed by atoms with van der Waals surface area (Å²) < 4.78 is 0. The minimum atomic E-state index is -0.384. The minimum absolute atomic E-state index is 0.0346. The summed E-state index contributed by atoms with van der Waals surface area (Å²) in [4.78, 5) is 11.0. The van der Waals surface area contributed by atoms with Gasteiger partial charge in [-0.2, -0.15) is 0 Å². The van der Waals surface area contributed by atoms with Gasteiger partial charge in [0.25, 0.3) is 5.69 Å². The lowest BCUT2D eigenvalue weighted by Gasteiger charge is -2.10. The molecule has 0 unspecified atom stereocenters. The summed E-state index contributed by atoms with van der Waals surface area (Å²) in [6.45, 7) is 0. The van der Waals surface area contributed by atoms with Gasteiger partial charge in [0.15, 0.2) is 0 Å². The number of anilines is 1. The van der Waals surface area contributed by atoms with Crippen LogP contribution in [0.15, 0.2) is 60.7 Å². The number of hydrogen-bond acceptors (Lipinski definition) is 3. The van der Waals surface area contributed by atoms with Crippen LogP contribution >= 0.6 is 0 Å². The molecule has 0 heterocycles. The molecule has 0 amide bonds. The van der Waals surface area contributed by atoms with Gasteiger partial charge in [0.05, 0.1) is 16.2 Å². The second kappa shape index (κ2) is 4.66. The third-order valence-corrected chi connectivity index (χ3v) is 3.33. The molecule has 4 heteroatoms. The van der Waals surface area contributed by atoms with Gasteiger partial charge in [0.2, 0.25) is 0 Å². The molecule has 0 spiro atoms. The largest absolute Gasteiger partial charge is 0.398 e. The van der Waals surface area contributed by atoms with Crippen LogP contribution in [-0.4, -0.2) is 4.92 Å². The van der Waals surface area contributed by atoms with Crippen molar-refractivity contribution in [3.63, 3.8) is 0 Å². The maximum Gasteiger partial charge on any atom is 0.279 e. The number of nitrogen functional groups attached to an aromatic ring is 1. The number of hydrogen-bond donors (Lipinski definition) is 1. The van der Waals surface area contributed by atoms with Gasteiger partial charge in [-0.3, -0.25) is 10.1 Å². The summed E-state index contributed by atoms with van der Waals surface area (Å²) in [6, 6.07) is 18.2. The SMILES string of the molecule is Nc1c(-c2ccccc2)c([N+](=O)[O-])cc2ccccc12. The van der Waals surface area contributed by atoms with Crippen LogP contribution in [0.4, 0.5) is 11.4 Å². The minimum Gasteiger partial charge on any atom is -0.398 e. The molecule has 20 heavy (non-hydrogen) atoms. The van der Waals surface area contributed by atoms with Crippen molar-refractivity contribution >= 4 is 22.1 Å². The van der Waals surface area contributed by atoms with E-state index < -0.39 is 0 Å². The van der Waals surface area contributed by atoms with Gasteiger partial charge in [-0.25, -0.2) is 0 Å². The van der Waals surface area contributed by atoms with Crippen LogP contribution in [-0.2, 0) is 0 Å². The topological polar surface area (TPSA) is 69.2 Å². The van der Waals surface area contributed by atoms with Gasteiger partial charge in [0, 0.05) is 11.5 Å². The van der Waals surface area contributed by atoms with E-state index in [0.29, 0.717) is 11.3 Å². The molecule has 0 aliphatic carbocycles. The standard InChI is InChI=1S/C16H12N2O2/c17-16-13-9-5-4-8-12(13)10-14(18(19)20)15(16)11-6-2-1-3-7-11/h1-10H,17H2. The summed E-state index contributed by atoms with van der Waals surface area (Å²) in [5.74, 6) is 0. The summed E-state index contributed by atoms with van der Waals surface area (Å²) in [7, 11) is 0. The van der Waals surface area contributed by atoms with Gasteiger partial charge in [0.1, 0.15) is 0 Å². The van der Waals surface area contributed by atoms with Crippen molar-refractivity contribution in [1.29, 1.82) is 0 Å². The van der Waals surface area contributed by atoms with Crippen LogP contribution in [0.25, 0.3) is 21.9 Å². The molecule has 3 rings (SSSR count). The Hall–Kier alpha value is -2.88. The third-order valence-electron chi connectivity index (χ3n) is 3.33. The number of benzene rings is 3. The van der Waals surface area contributed by atoms with Crippen LogP contribution in [0, 0.1) is 10.1 Å². The normalized spacial score (nSPS) is 10.6. The maximum atomic E-state index is 11.3. The average Bonchev–Trinajstić information content (AvgIpc) is 2.48. The van der Waals surface area contributed by atoms with Crippen molar-refractivity contribution in [3.8, 4) is 11.1 Å². The fraction of sp³-hybridized carbons (Fsp3) is 0. The van der Waals surface area contributed by atoms with E-state index in [1.165, 1.54) is 0 Å². The number of nitro groups is 1. The van der Waals surface area contributed by atoms with Crippen LogP contribution in [0.1, 0.15) is 0 Å². The average molecular weight is 264 g/mol. The van der Waals surface area contributed by atoms with Gasteiger partial charge in [-0.15, -0.1) is 0 Å². The van der Waals surface area contributed by atoms with Crippen molar-refractivity contribution in [2.75, 3.05) is 5.73 Å². The highest BCUT2D eigenvalue weighted by atomic mass is 16.6. The van der Waals surface area contributed by atoms with E-state index in [2.05, 4.69) is 0 Å². The van der Waals surface area contributed by atoms with Crippen LogP contribution < -0.4 is 5.73 Å². The fourth-order valence-electron chi connectivity index (χ4n) is 2.41. The molecule has 2 N–H and O–H groups in total. The second-order valence-electron chi connectivity index (χ2n) is 4.53. The van der Waals surface area contributed by atoms with Crippen molar-refractivity contribution in [2.24, 2.45) is 0 Å². The Morgan fingerprint density at radius 3 is 2.30 bits per heavy atom. The molecule has 0 fully saturated rings. The van der Waals surface area contributed by atoms with E-state index in [1.54, 1.807) is 6.07 Å². The number of fused-ring (bicyclic) bond motifs is 1. The first-order chi connectivity index (χ1) is 9.68. The Balaban J connectivity index is 2.42. The third kappa shape index (κ3) is 1.87. The number of nitro benzene ring substituents is 1. The fourth-order valence-corrected chi connectivity index (χ4v) is 2.41. The predicted octanol–water partition coefficient (Wildman–Crippen LogP) is 4.00. The Kier molecular flexibility index (Phi) is 2.84. The molecule has 0 saturated heterocycles. The molecule has 0 bridgehead atoms. The summed E-state index contributed by atoms with van der Waals surface area (Å²) in [5.41, 5.74) is 7.90. The van der Waals surface area contributed by atoms with Gasteiger partial charge >= 0.3 is 0 Å². The molecule has 0 saturated carbocycles. The number of rotatable bonds is 2. The molecular weight excluding hydrogens is 252 g/mol. The molecule has 3 aromatic rings. The molecule has 0 aliphatic heterocycles. The highest BCUT2D eigenvalue weighted by Gasteiger charge is 2.20. The van der Waals surface area contributed by atoms with Gasteiger partial charge in [-0.05, 0) is 10.9 Å². The van der Waals surface area contributed by atoms with Crippen molar-refractivity contribution in [1.82, 2.24) is 0 Å². The Morgan fingerprint density at radius 2 is 1.60 bits per heavy atom. The van der Waals surface area contributed by atoms with E-state index in [0.717, 1.165) is 16.3 Å². The molecule has 0 atom stereocenters. The summed E-state index contributed by atoms with van der Waals surface area (Å²) in [6.07, 6.45) is 0. The van der Waals surface area contributed by atoms with Crippen molar-refractivity contribution in [2.45, 2.75) is 0 Å². The van der Waals surface area contributed by atoms with E-state index in [1.807, 2.05) is 54.6 Å². The van der Waals surface area contributed by atoms with Crippen LogP contribution in [0.3, 0.4) is 0 Å². The molecular formula is C16H12N2O2. The number of nitrogens with zero attached hydrogens (tertiary/aromatic N) is 1. The maximum absolute atomic E-state index is 11.3. The van der Waals surface area contributed by atoms with Crippen LogP contribution in [0.5, 0.6) is 0 Å². The first-order valence-corrected chi connectivity index (χ1v) is 6.19. The Morgan fingerprint density at radius 1 is 0.950 bits per heavy atom. The molecule has 0 radical (unpaired) electrons. The number of nitrogens with two attached hydrogens (primary N) is 1. The Labute approximate surface area is 115 Å². The lowest BCUT2D eigenvalue weighted by molar-refractivity contribution is -0.384. The predicted molar refractivity (Wildman–Crippen MR) is 80.5 cm³/mol. The van der Waals surface area contributed by atoms with Gasteiger partial charge < -0.3 is 5.73 Å². The summed E-state index contributed by atoms with van der Waals surface area (Å²) >= 11 is 0. The highest BCUT2D eigenvalue weighted by molar-refractivity contribution is 6.04. The quantitative estimate of drug-likeness (QED) is 0.432. The monoisotopic (exact) mass is 264 g/mol. The molecule has 98 valence electrons. The van der Waals surface area contributed by atoms with Crippen molar-refractivity contribution < 1.29 is 4.92 Å². The van der Waals surface area contributed by atoms with E-state index >= 15 is 0 Å². The zero-order valence-electron chi connectivity index (χ0n) is 10.6. The second-order valence-corrected chi connectivity index (χ2v) is 4.53. The van der Waals surface area contributed by atoms with Gasteiger partial charge in [-0.1, -0.05) is 54.6 Å². The first kappa shape index (κ1) is 12.2. The zero-order valence-corrected chi connectivity index (χ0v) is 10.6. The molecule has 0 aliphatic rings.